The van der Waals surface area contributed by atoms with Gasteiger partial charge in [0.05, 0.1) is 27.1 Å². The predicted molar refractivity (Wildman–Crippen MR) is 145 cm³/mol. The summed E-state index contributed by atoms with van der Waals surface area (Å²) < 4.78 is 47.7. The van der Waals surface area contributed by atoms with E-state index in [4.69, 9.17) is 16.3 Å². The number of likely N-dealkylation sites (N-methyl/N-ethyl adjacent to an activating group) is 1. The Bertz CT molecular complexity index is 1200. The fourth-order valence-electron chi connectivity index (χ4n) is 4.20. The molecule has 0 unspecified atom stereocenters. The minimum absolute atomic E-state index is 0.0648. The lowest BCUT2D eigenvalue weighted by Crippen LogP contribution is -2.52. The molecule has 1 saturated heterocycles. The van der Waals surface area contributed by atoms with Crippen molar-refractivity contribution >= 4 is 52.0 Å². The summed E-state index contributed by atoms with van der Waals surface area (Å²) in [6.07, 6.45) is -4.80. The number of nitrogens with zero attached hydrogens (tertiary/aromatic N) is 2. The standard InChI is InChI=1S/C26H32ClF3N4O4S/c1-5-33(15-25(2,3)4)19(13-31-24(37)20-8-9-21(27)39-20)23(36)32-18-7-6-16(12-17(18)26(28,29)30)34-10-11-38-14-22(34)35/h6-9,12,19H,5,10-11,13-15H2,1-4H3,(H,31,37)(H,32,36)/t19-/m0/s1. The van der Waals surface area contributed by atoms with E-state index in [-0.39, 0.29) is 37.4 Å². The fraction of sp³-hybridized carbons (Fsp3) is 0.500. The van der Waals surface area contributed by atoms with Crippen molar-refractivity contribution in [2.24, 2.45) is 5.41 Å². The first-order chi connectivity index (χ1) is 18.2. The Morgan fingerprint density at radius 3 is 2.49 bits per heavy atom. The maximum absolute atomic E-state index is 14.1. The second-order valence-electron chi connectivity index (χ2n) is 10.3. The van der Waals surface area contributed by atoms with Crippen LogP contribution in [-0.4, -0.2) is 68.1 Å². The van der Waals surface area contributed by atoms with Gasteiger partial charge in [-0.2, -0.15) is 13.2 Å². The smallest absolute Gasteiger partial charge is 0.370 e. The molecule has 3 rings (SSSR count). The zero-order chi connectivity index (χ0) is 29.0. The third-order valence-electron chi connectivity index (χ3n) is 5.94. The number of hydrogen-bond acceptors (Lipinski definition) is 6. The molecule has 1 aliphatic heterocycles. The fourth-order valence-corrected chi connectivity index (χ4v) is 5.16. The van der Waals surface area contributed by atoms with Crippen molar-refractivity contribution in [3.63, 3.8) is 0 Å². The number of amides is 3. The van der Waals surface area contributed by atoms with Gasteiger partial charge < -0.3 is 20.3 Å². The van der Waals surface area contributed by atoms with E-state index in [1.165, 1.54) is 11.0 Å². The van der Waals surface area contributed by atoms with Gasteiger partial charge in [0.1, 0.15) is 12.6 Å². The van der Waals surface area contributed by atoms with Crippen molar-refractivity contribution in [3.05, 3.63) is 45.1 Å². The van der Waals surface area contributed by atoms with Crippen LogP contribution in [0.25, 0.3) is 0 Å². The lowest BCUT2D eigenvalue weighted by Gasteiger charge is -2.35. The Morgan fingerprint density at radius 2 is 1.92 bits per heavy atom. The Labute approximate surface area is 234 Å². The van der Waals surface area contributed by atoms with Crippen molar-refractivity contribution in [2.75, 3.05) is 49.6 Å². The van der Waals surface area contributed by atoms with Gasteiger partial charge in [-0.3, -0.25) is 19.3 Å². The largest absolute Gasteiger partial charge is 0.418 e. The van der Waals surface area contributed by atoms with Gasteiger partial charge in [-0.25, -0.2) is 0 Å². The number of benzene rings is 1. The number of alkyl halides is 3. The number of nitrogens with one attached hydrogen (secondary N) is 2. The van der Waals surface area contributed by atoms with Gasteiger partial charge in [0, 0.05) is 25.3 Å². The predicted octanol–water partition coefficient (Wildman–Crippen LogP) is 4.89. The van der Waals surface area contributed by atoms with Crippen LogP contribution in [0.15, 0.2) is 30.3 Å². The summed E-state index contributed by atoms with van der Waals surface area (Å²) in [5, 5.41) is 5.14. The second kappa shape index (κ2) is 12.7. The lowest BCUT2D eigenvalue weighted by atomic mass is 9.95. The van der Waals surface area contributed by atoms with E-state index < -0.39 is 41.2 Å². The number of thiophene rings is 1. The van der Waals surface area contributed by atoms with Crippen LogP contribution in [0.4, 0.5) is 24.5 Å². The molecule has 1 fully saturated rings. The van der Waals surface area contributed by atoms with Crippen LogP contribution in [-0.2, 0) is 20.5 Å². The van der Waals surface area contributed by atoms with Crippen molar-refractivity contribution < 1.29 is 32.3 Å². The van der Waals surface area contributed by atoms with Crippen molar-refractivity contribution in [2.45, 2.75) is 39.9 Å². The van der Waals surface area contributed by atoms with Crippen LogP contribution in [0, 0.1) is 5.41 Å². The highest BCUT2D eigenvalue weighted by Gasteiger charge is 2.37. The highest BCUT2D eigenvalue weighted by Crippen LogP contribution is 2.38. The van der Waals surface area contributed by atoms with E-state index in [9.17, 15) is 27.6 Å². The molecule has 1 aliphatic rings. The van der Waals surface area contributed by atoms with E-state index in [2.05, 4.69) is 10.6 Å². The third-order valence-corrected chi connectivity index (χ3v) is 7.17. The average Bonchev–Trinajstić information content (AvgIpc) is 3.29. The molecular formula is C26H32ClF3N4O4S. The van der Waals surface area contributed by atoms with E-state index in [1.54, 1.807) is 12.1 Å². The molecule has 1 atom stereocenters. The first kappa shape index (κ1) is 30.9. The Hall–Kier alpha value is -2.67. The first-order valence-electron chi connectivity index (χ1n) is 12.4. The molecular weight excluding hydrogens is 557 g/mol. The first-order valence-corrected chi connectivity index (χ1v) is 13.6. The number of halogens is 4. The number of anilines is 2. The molecule has 0 spiro atoms. The summed E-state index contributed by atoms with van der Waals surface area (Å²) in [6, 6.07) is 5.52. The summed E-state index contributed by atoms with van der Waals surface area (Å²) in [7, 11) is 0. The van der Waals surface area contributed by atoms with E-state index in [0.717, 1.165) is 23.5 Å². The molecule has 3 amide bonds. The normalized spacial score (nSPS) is 15.4. The number of hydrogen-bond donors (Lipinski definition) is 2. The highest BCUT2D eigenvalue weighted by atomic mass is 35.5. The molecule has 2 heterocycles. The molecule has 1 aromatic carbocycles. The Kier molecular flexibility index (Phi) is 10.0. The summed E-state index contributed by atoms with van der Waals surface area (Å²) in [4.78, 5) is 41.7. The lowest BCUT2D eigenvalue weighted by molar-refractivity contribution is -0.137. The average molecular weight is 589 g/mol. The van der Waals surface area contributed by atoms with Crippen LogP contribution in [0.1, 0.15) is 42.9 Å². The zero-order valence-electron chi connectivity index (χ0n) is 22.2. The van der Waals surface area contributed by atoms with Gasteiger partial charge >= 0.3 is 6.18 Å². The Balaban J connectivity index is 1.89. The van der Waals surface area contributed by atoms with Gasteiger partial charge in [-0.15, -0.1) is 11.3 Å². The van der Waals surface area contributed by atoms with E-state index >= 15 is 0 Å². The monoisotopic (exact) mass is 588 g/mol. The maximum Gasteiger partial charge on any atom is 0.418 e. The van der Waals surface area contributed by atoms with Gasteiger partial charge in [-0.05, 0) is 42.3 Å². The molecule has 0 bridgehead atoms. The number of carbonyl (C=O) groups is 3. The number of rotatable bonds is 9. The number of ether oxygens (including phenoxy) is 1. The minimum Gasteiger partial charge on any atom is -0.370 e. The van der Waals surface area contributed by atoms with Crippen molar-refractivity contribution in [3.8, 4) is 0 Å². The topological polar surface area (TPSA) is 91.0 Å². The van der Waals surface area contributed by atoms with Crippen LogP contribution in [0.5, 0.6) is 0 Å². The summed E-state index contributed by atoms with van der Waals surface area (Å²) in [5.41, 5.74) is -1.69. The highest BCUT2D eigenvalue weighted by molar-refractivity contribution is 7.18. The van der Waals surface area contributed by atoms with Crippen molar-refractivity contribution in [1.29, 1.82) is 0 Å². The van der Waals surface area contributed by atoms with Crippen LogP contribution < -0.4 is 15.5 Å². The molecule has 214 valence electrons. The summed E-state index contributed by atoms with van der Waals surface area (Å²) >= 11 is 7.00. The SMILES string of the molecule is CCN(CC(C)(C)C)[C@@H](CNC(=O)c1ccc(Cl)s1)C(=O)Nc1ccc(N2CCOCC2=O)cc1C(F)(F)F. The molecule has 0 saturated carbocycles. The van der Waals surface area contributed by atoms with Gasteiger partial charge in [0.25, 0.3) is 11.8 Å². The van der Waals surface area contributed by atoms with Crippen molar-refractivity contribution in [1.82, 2.24) is 10.2 Å². The van der Waals surface area contributed by atoms with Gasteiger partial charge in [0.2, 0.25) is 5.91 Å². The van der Waals surface area contributed by atoms with Crippen LogP contribution in [0.3, 0.4) is 0 Å². The zero-order valence-corrected chi connectivity index (χ0v) is 23.7. The second-order valence-corrected chi connectivity index (χ2v) is 12.0. The van der Waals surface area contributed by atoms with Crippen LogP contribution >= 0.6 is 22.9 Å². The van der Waals surface area contributed by atoms with Crippen LogP contribution in [0.2, 0.25) is 4.34 Å². The van der Waals surface area contributed by atoms with Gasteiger partial charge in [-0.1, -0.05) is 39.3 Å². The number of carbonyl (C=O) groups excluding carboxylic acids is 3. The molecule has 8 nitrogen and oxygen atoms in total. The minimum atomic E-state index is -4.80. The quantitative estimate of drug-likeness (QED) is 0.435. The molecule has 39 heavy (non-hydrogen) atoms. The third kappa shape index (κ3) is 8.41. The molecule has 0 radical (unpaired) electrons. The summed E-state index contributed by atoms with van der Waals surface area (Å²) in [6.45, 7) is 8.61. The number of morpholine rings is 1. The summed E-state index contributed by atoms with van der Waals surface area (Å²) in [5.74, 6) is -1.59. The Morgan fingerprint density at radius 1 is 1.21 bits per heavy atom. The van der Waals surface area contributed by atoms with E-state index in [0.29, 0.717) is 22.3 Å². The van der Waals surface area contributed by atoms with Gasteiger partial charge in [0.15, 0.2) is 0 Å². The molecule has 2 aromatic rings. The molecule has 13 heteroatoms. The maximum atomic E-state index is 14.1. The molecule has 2 N–H and O–H groups in total. The molecule has 0 aliphatic carbocycles. The molecule has 1 aromatic heterocycles. The van der Waals surface area contributed by atoms with E-state index in [1.807, 2.05) is 32.6 Å².